The van der Waals surface area contributed by atoms with Crippen molar-refractivity contribution in [1.29, 1.82) is 0 Å². The summed E-state index contributed by atoms with van der Waals surface area (Å²) in [5.41, 5.74) is 0. The second kappa shape index (κ2) is 35.2. The first kappa shape index (κ1) is 40.0. The van der Waals surface area contributed by atoms with E-state index in [0.29, 0.717) is 0 Å². The van der Waals surface area contributed by atoms with Gasteiger partial charge in [-0.25, -0.2) is 0 Å². The van der Waals surface area contributed by atoms with Gasteiger partial charge in [0.1, 0.15) is 0 Å². The van der Waals surface area contributed by atoms with Crippen LogP contribution in [0.3, 0.4) is 0 Å². The number of rotatable bonds is 35. The summed E-state index contributed by atoms with van der Waals surface area (Å²) in [4.78, 5) is 0. The lowest BCUT2D eigenvalue weighted by Gasteiger charge is -2.15. The van der Waals surface area contributed by atoms with Crippen molar-refractivity contribution in [2.75, 3.05) is 0 Å². The van der Waals surface area contributed by atoms with Gasteiger partial charge in [0.2, 0.25) is 0 Å². The summed E-state index contributed by atoms with van der Waals surface area (Å²) in [6, 6.07) is 0. The van der Waals surface area contributed by atoms with E-state index in [1.807, 2.05) is 0 Å². The predicted octanol–water partition coefficient (Wildman–Crippen LogP) is 15.6. The van der Waals surface area contributed by atoms with E-state index in [4.69, 9.17) is 0 Å². The minimum Gasteiger partial charge on any atom is -0.0654 e. The fourth-order valence-electron chi connectivity index (χ4n) is 6.66. The maximum absolute atomic E-state index is 2.47. The van der Waals surface area contributed by atoms with Crippen LogP contribution in [-0.4, -0.2) is 0 Å². The highest BCUT2D eigenvalue weighted by Gasteiger charge is 2.06. The van der Waals surface area contributed by atoms with Gasteiger partial charge in [-0.2, -0.15) is 0 Å². The van der Waals surface area contributed by atoms with Crippen LogP contribution in [0, 0.1) is 11.8 Å². The standard InChI is InChI=1S/C40H82/c1-5-7-8-9-10-11-12-13-14-15-16-17-18-19-20-21-22-23-24-25-26-27-28-29-30-31-32-33-34-35-36-37-40(4)38-39(3)6-2/h39-40H,5-38H2,1-4H3. The average Bonchev–Trinajstić information content (AvgIpc) is 2.95. The normalized spacial score (nSPS) is 13.2. The molecule has 40 heavy (non-hydrogen) atoms. The first-order chi connectivity index (χ1) is 19.7. The van der Waals surface area contributed by atoms with Gasteiger partial charge < -0.3 is 0 Å². The van der Waals surface area contributed by atoms with Crippen molar-refractivity contribution in [3.05, 3.63) is 0 Å². The van der Waals surface area contributed by atoms with Crippen molar-refractivity contribution in [3.8, 4) is 0 Å². The van der Waals surface area contributed by atoms with Crippen molar-refractivity contribution < 1.29 is 0 Å². The van der Waals surface area contributed by atoms with Gasteiger partial charge in [0.15, 0.2) is 0 Å². The van der Waals surface area contributed by atoms with E-state index >= 15 is 0 Å². The molecule has 0 heteroatoms. The molecule has 0 heterocycles. The van der Waals surface area contributed by atoms with Gasteiger partial charge in [-0.1, -0.05) is 240 Å². The molecule has 0 aromatic carbocycles. The maximum atomic E-state index is 2.47. The van der Waals surface area contributed by atoms with E-state index in [9.17, 15) is 0 Å². The first-order valence-electron chi connectivity index (χ1n) is 19.7. The molecule has 0 N–H and O–H groups in total. The molecule has 0 aromatic heterocycles. The van der Waals surface area contributed by atoms with Crippen LogP contribution in [0.5, 0.6) is 0 Å². The van der Waals surface area contributed by atoms with Gasteiger partial charge in [-0.3, -0.25) is 0 Å². The van der Waals surface area contributed by atoms with Crippen LogP contribution < -0.4 is 0 Å². The Morgan fingerprint density at radius 3 is 0.725 bits per heavy atom. The van der Waals surface area contributed by atoms with Crippen LogP contribution >= 0.6 is 0 Å². The summed E-state index contributed by atoms with van der Waals surface area (Å²) in [5, 5.41) is 0. The zero-order valence-electron chi connectivity index (χ0n) is 29.2. The molecule has 242 valence electrons. The third-order valence-corrected chi connectivity index (χ3v) is 9.80. The van der Waals surface area contributed by atoms with E-state index in [2.05, 4.69) is 27.7 Å². The van der Waals surface area contributed by atoms with E-state index < -0.39 is 0 Å². The van der Waals surface area contributed by atoms with Crippen LogP contribution in [0.25, 0.3) is 0 Å². The molecule has 0 radical (unpaired) electrons. The minimum absolute atomic E-state index is 0.924. The zero-order valence-corrected chi connectivity index (χ0v) is 29.2. The van der Waals surface area contributed by atoms with Crippen LogP contribution in [0.1, 0.15) is 246 Å². The Morgan fingerprint density at radius 2 is 0.500 bits per heavy atom. The summed E-state index contributed by atoms with van der Waals surface area (Å²) in [6.45, 7) is 9.53. The lowest BCUT2D eigenvalue weighted by atomic mass is 9.91. The Morgan fingerprint density at radius 1 is 0.275 bits per heavy atom. The van der Waals surface area contributed by atoms with Gasteiger partial charge in [-0.15, -0.1) is 0 Å². The zero-order chi connectivity index (χ0) is 29.2. The summed E-state index contributed by atoms with van der Waals surface area (Å²) >= 11 is 0. The molecule has 0 saturated carbocycles. The van der Waals surface area contributed by atoms with E-state index in [1.165, 1.54) is 218 Å². The fourth-order valence-corrected chi connectivity index (χ4v) is 6.66. The van der Waals surface area contributed by atoms with Crippen molar-refractivity contribution in [2.45, 2.75) is 246 Å². The highest BCUT2D eigenvalue weighted by atomic mass is 14.1. The second-order valence-corrected chi connectivity index (χ2v) is 14.2. The Bertz CT molecular complexity index is 426. The van der Waals surface area contributed by atoms with Crippen molar-refractivity contribution in [2.24, 2.45) is 11.8 Å². The maximum Gasteiger partial charge on any atom is -0.0440 e. The Kier molecular flexibility index (Phi) is 35.2. The van der Waals surface area contributed by atoms with E-state index in [0.717, 1.165) is 11.8 Å². The smallest absolute Gasteiger partial charge is 0.0440 e. The van der Waals surface area contributed by atoms with Gasteiger partial charge in [-0.05, 0) is 18.3 Å². The third-order valence-electron chi connectivity index (χ3n) is 9.80. The van der Waals surface area contributed by atoms with Crippen molar-refractivity contribution in [3.63, 3.8) is 0 Å². The molecule has 2 atom stereocenters. The quantitative estimate of drug-likeness (QED) is 0.0674. The molecule has 2 unspecified atom stereocenters. The third kappa shape index (κ3) is 34.2. The van der Waals surface area contributed by atoms with Gasteiger partial charge in [0.05, 0.1) is 0 Å². The summed E-state index contributed by atoms with van der Waals surface area (Å²) in [6.07, 6.45) is 50.3. The summed E-state index contributed by atoms with van der Waals surface area (Å²) in [7, 11) is 0. The molecular formula is C40H82. The summed E-state index contributed by atoms with van der Waals surface area (Å²) in [5.74, 6) is 1.87. The summed E-state index contributed by atoms with van der Waals surface area (Å²) < 4.78 is 0. The fraction of sp³-hybridized carbons (Fsp3) is 1.00. The SMILES string of the molecule is CCCCCCCCCCCCCCCCCCCCCCCCCCCCCCCCCC(C)CC(C)CC. The average molecular weight is 563 g/mol. The topological polar surface area (TPSA) is 0 Å². The van der Waals surface area contributed by atoms with Gasteiger partial charge in [0.25, 0.3) is 0 Å². The van der Waals surface area contributed by atoms with Crippen molar-refractivity contribution >= 4 is 0 Å². The minimum atomic E-state index is 0.924. The highest BCUT2D eigenvalue weighted by molar-refractivity contribution is 4.59. The molecule has 0 rings (SSSR count). The first-order valence-corrected chi connectivity index (χ1v) is 19.7. The molecule has 0 nitrogen and oxygen atoms in total. The monoisotopic (exact) mass is 563 g/mol. The van der Waals surface area contributed by atoms with Crippen LogP contribution in [-0.2, 0) is 0 Å². The van der Waals surface area contributed by atoms with Crippen LogP contribution in [0.4, 0.5) is 0 Å². The molecule has 0 amide bonds. The Labute approximate surface area is 257 Å². The molecule has 0 aliphatic heterocycles. The van der Waals surface area contributed by atoms with Crippen LogP contribution in [0.15, 0.2) is 0 Å². The van der Waals surface area contributed by atoms with Gasteiger partial charge >= 0.3 is 0 Å². The van der Waals surface area contributed by atoms with E-state index in [-0.39, 0.29) is 0 Å². The molecule has 0 spiro atoms. The molecule has 0 saturated heterocycles. The lowest BCUT2D eigenvalue weighted by molar-refractivity contribution is 0.374. The number of unbranched alkanes of at least 4 members (excludes halogenated alkanes) is 30. The largest absolute Gasteiger partial charge is 0.0654 e. The molecular weight excluding hydrogens is 480 g/mol. The van der Waals surface area contributed by atoms with E-state index in [1.54, 1.807) is 0 Å². The Hall–Kier alpha value is 0. The Balaban J connectivity index is 3.08. The number of hydrogen-bond acceptors (Lipinski definition) is 0. The molecule has 0 aromatic rings. The molecule has 0 fully saturated rings. The lowest BCUT2D eigenvalue weighted by Crippen LogP contribution is -2.02. The molecule has 0 aliphatic carbocycles. The number of hydrogen-bond donors (Lipinski definition) is 0. The van der Waals surface area contributed by atoms with Crippen LogP contribution in [0.2, 0.25) is 0 Å². The molecule has 0 bridgehead atoms. The van der Waals surface area contributed by atoms with Gasteiger partial charge in [0, 0.05) is 0 Å². The predicted molar refractivity (Wildman–Crippen MR) is 187 cm³/mol. The molecule has 0 aliphatic rings. The van der Waals surface area contributed by atoms with Crippen molar-refractivity contribution in [1.82, 2.24) is 0 Å². The second-order valence-electron chi connectivity index (χ2n) is 14.2. The highest BCUT2D eigenvalue weighted by Crippen LogP contribution is 2.21.